The average molecular weight is 932 g/mol. The Morgan fingerprint density at radius 3 is 2.31 bits per heavy atom. The van der Waals surface area contributed by atoms with Crippen LogP contribution in [0.5, 0.6) is 0 Å². The average Bonchev–Trinajstić information content (AvgIpc) is 3.87. The monoisotopic (exact) mass is 932 g/mol. The van der Waals surface area contributed by atoms with Gasteiger partial charge in [0, 0.05) is 48.8 Å². The molecule has 0 spiro atoms. The zero-order chi connectivity index (χ0) is 37.6. The van der Waals surface area contributed by atoms with Crippen LogP contribution in [0.15, 0.2) is 126 Å². The van der Waals surface area contributed by atoms with Crippen LogP contribution in [0.1, 0.15) is 44.7 Å². The normalized spacial score (nSPS) is 11.8. The molecule has 0 aliphatic heterocycles. The maximum absolute atomic E-state index is 6.21. The Balaban J connectivity index is 0.000000191. The number of imidazole rings is 1. The third-order valence-electron chi connectivity index (χ3n) is 10.0. The van der Waals surface area contributed by atoms with E-state index < -0.39 is 8.07 Å². The van der Waals surface area contributed by atoms with Crippen molar-refractivity contribution in [3.8, 4) is 28.3 Å². The molecule has 55 heavy (non-hydrogen) atoms. The number of benzene rings is 5. The number of para-hydroxylation sites is 3. The van der Waals surface area contributed by atoms with Crippen LogP contribution >= 0.6 is 11.3 Å². The first-order valence-corrected chi connectivity index (χ1v) is 23.2. The molecule has 0 atom stereocenters. The van der Waals surface area contributed by atoms with E-state index in [1.165, 1.54) is 26.4 Å². The molecule has 0 saturated carbocycles. The van der Waals surface area contributed by atoms with Crippen molar-refractivity contribution in [2.75, 3.05) is 0 Å². The SMILES string of the molecule is CC(C)Cc1cc(-c2[c-]cccc2)ncc1[Si](C)(C)C.CC(C)c1ccc2s[c-]c(-c3nc4ccccc4n3-c3ccc4c(c3)oc3ccccc34)c2c1.[Ir]. The molecule has 9 rings (SSSR count). The van der Waals surface area contributed by atoms with Gasteiger partial charge in [0.05, 0.1) is 24.9 Å². The molecular formula is C48H45IrN3OSSi-2. The van der Waals surface area contributed by atoms with Gasteiger partial charge in [-0.1, -0.05) is 123 Å². The number of fused-ring (bicyclic) bond motifs is 5. The quantitative estimate of drug-likeness (QED) is 0.118. The van der Waals surface area contributed by atoms with Crippen molar-refractivity contribution in [2.45, 2.75) is 59.7 Å². The third-order valence-corrected chi connectivity index (χ3v) is 13.0. The fourth-order valence-corrected chi connectivity index (χ4v) is 9.72. The molecule has 7 heteroatoms. The molecule has 9 aromatic rings. The zero-order valence-corrected chi connectivity index (χ0v) is 36.6. The smallest absolute Gasteiger partial charge is 0.137 e. The molecule has 4 aromatic heterocycles. The predicted molar refractivity (Wildman–Crippen MR) is 232 cm³/mol. The maximum Gasteiger partial charge on any atom is 0.137 e. The fourth-order valence-electron chi connectivity index (χ4n) is 7.31. The standard InChI is InChI=1S/C30H21N2OS.C18H24NSi.Ir/c1-18(2)19-11-14-29-23(15-19)24(17-34-29)30-31-25-8-4-5-9-26(25)32(30)20-12-13-22-21-7-3-6-10-27(21)33-28(22)16-20;1-14(2)11-16-12-17(15-9-7-6-8-10-15)19-13-18(16)20(3,4)5;/h3-16,18H,1-2H3;6-9,12-14H,11H2,1-5H3;/q2*-1;. The number of furan rings is 1. The summed E-state index contributed by atoms with van der Waals surface area (Å²) in [5.41, 5.74) is 10.8. The van der Waals surface area contributed by atoms with Crippen LogP contribution in [0.2, 0.25) is 19.6 Å². The van der Waals surface area contributed by atoms with Crippen LogP contribution in [-0.2, 0) is 26.5 Å². The summed E-state index contributed by atoms with van der Waals surface area (Å²) < 4.78 is 9.67. The minimum absolute atomic E-state index is 0. The Bertz CT molecular complexity index is 2750. The van der Waals surface area contributed by atoms with E-state index >= 15 is 0 Å². The van der Waals surface area contributed by atoms with Crippen molar-refractivity contribution in [1.82, 2.24) is 14.5 Å². The van der Waals surface area contributed by atoms with Crippen molar-refractivity contribution >= 4 is 67.7 Å². The Labute approximate surface area is 342 Å². The van der Waals surface area contributed by atoms with E-state index in [2.05, 4.69) is 153 Å². The minimum atomic E-state index is -1.34. The molecule has 5 aromatic carbocycles. The maximum atomic E-state index is 6.21. The summed E-state index contributed by atoms with van der Waals surface area (Å²) in [6, 6.07) is 43.3. The number of rotatable bonds is 7. The van der Waals surface area contributed by atoms with Gasteiger partial charge in [-0.25, -0.2) is 0 Å². The number of hydrogen-bond acceptors (Lipinski definition) is 4. The van der Waals surface area contributed by atoms with E-state index in [1.54, 1.807) is 11.3 Å². The fraction of sp³-hybridized carbons (Fsp3) is 0.208. The molecular weight excluding hydrogens is 887 g/mol. The van der Waals surface area contributed by atoms with Crippen molar-refractivity contribution in [1.29, 1.82) is 0 Å². The second-order valence-electron chi connectivity index (χ2n) is 15.9. The number of hydrogen-bond donors (Lipinski definition) is 0. The molecule has 279 valence electrons. The van der Waals surface area contributed by atoms with Crippen LogP contribution in [0.3, 0.4) is 0 Å². The first kappa shape index (κ1) is 38.6. The molecule has 4 nitrogen and oxygen atoms in total. The molecule has 0 bridgehead atoms. The summed E-state index contributed by atoms with van der Waals surface area (Å²) in [6.07, 6.45) is 3.24. The van der Waals surface area contributed by atoms with Gasteiger partial charge in [0.2, 0.25) is 0 Å². The Morgan fingerprint density at radius 2 is 1.55 bits per heavy atom. The van der Waals surface area contributed by atoms with E-state index in [0.29, 0.717) is 11.8 Å². The Morgan fingerprint density at radius 1 is 0.782 bits per heavy atom. The second kappa shape index (κ2) is 15.8. The van der Waals surface area contributed by atoms with E-state index in [-0.39, 0.29) is 20.1 Å². The van der Waals surface area contributed by atoms with Crippen LogP contribution in [-0.4, -0.2) is 22.6 Å². The molecule has 4 heterocycles. The Hall–Kier alpha value is -4.65. The van der Waals surface area contributed by atoms with E-state index in [4.69, 9.17) is 9.40 Å². The van der Waals surface area contributed by atoms with E-state index in [1.807, 2.05) is 36.4 Å². The topological polar surface area (TPSA) is 43.9 Å². The second-order valence-corrected chi connectivity index (χ2v) is 21.8. The molecule has 1 radical (unpaired) electrons. The van der Waals surface area contributed by atoms with Gasteiger partial charge >= 0.3 is 0 Å². The number of aromatic nitrogens is 3. The number of pyridine rings is 1. The van der Waals surface area contributed by atoms with Crippen LogP contribution in [0, 0.1) is 17.4 Å². The molecule has 0 N–H and O–H groups in total. The predicted octanol–water partition coefficient (Wildman–Crippen LogP) is 13.0. The zero-order valence-electron chi connectivity index (χ0n) is 32.4. The van der Waals surface area contributed by atoms with Gasteiger partial charge in [-0.2, -0.15) is 0 Å². The minimum Gasteiger partial charge on any atom is -0.456 e. The van der Waals surface area contributed by atoms with Crippen molar-refractivity contribution in [3.63, 3.8) is 0 Å². The van der Waals surface area contributed by atoms with Gasteiger partial charge in [-0.3, -0.25) is 16.3 Å². The summed E-state index contributed by atoms with van der Waals surface area (Å²) in [5, 5.41) is 8.52. The summed E-state index contributed by atoms with van der Waals surface area (Å²) in [7, 11) is -1.34. The van der Waals surface area contributed by atoms with E-state index in [9.17, 15) is 0 Å². The molecule has 0 aliphatic carbocycles. The molecule has 0 fully saturated rings. The number of nitrogens with zero attached hydrogens (tertiary/aromatic N) is 3. The summed E-state index contributed by atoms with van der Waals surface area (Å²) in [4.78, 5) is 9.77. The van der Waals surface area contributed by atoms with Crippen molar-refractivity contribution < 1.29 is 24.5 Å². The molecule has 0 aliphatic rings. The number of thiophene rings is 1. The largest absolute Gasteiger partial charge is 0.456 e. The van der Waals surface area contributed by atoms with Crippen LogP contribution in [0.4, 0.5) is 0 Å². The van der Waals surface area contributed by atoms with Crippen molar-refractivity contribution in [2.24, 2.45) is 5.92 Å². The van der Waals surface area contributed by atoms with Gasteiger partial charge in [-0.05, 0) is 59.5 Å². The molecule has 0 amide bonds. The first-order chi connectivity index (χ1) is 26.0. The van der Waals surface area contributed by atoms with Gasteiger partial charge in [0.25, 0.3) is 0 Å². The molecule has 0 saturated heterocycles. The van der Waals surface area contributed by atoms with Crippen molar-refractivity contribution in [3.05, 3.63) is 144 Å². The summed E-state index contributed by atoms with van der Waals surface area (Å²) >= 11 is 1.65. The van der Waals surface area contributed by atoms with Gasteiger partial charge in [0.15, 0.2) is 0 Å². The summed E-state index contributed by atoms with van der Waals surface area (Å²) in [5.74, 6) is 2.04. The van der Waals surface area contributed by atoms with Gasteiger partial charge in [-0.15, -0.1) is 47.3 Å². The van der Waals surface area contributed by atoms with Crippen LogP contribution in [0.25, 0.3) is 71.4 Å². The first-order valence-electron chi connectivity index (χ1n) is 18.9. The van der Waals surface area contributed by atoms with E-state index in [0.717, 1.165) is 67.7 Å². The summed E-state index contributed by atoms with van der Waals surface area (Å²) in [6.45, 7) is 16.2. The molecule has 0 unspecified atom stereocenters. The third kappa shape index (κ3) is 7.77. The van der Waals surface area contributed by atoms with Gasteiger partial charge < -0.3 is 14.0 Å². The Kier molecular flexibility index (Phi) is 11.1. The van der Waals surface area contributed by atoms with Crippen LogP contribution < -0.4 is 5.19 Å². The van der Waals surface area contributed by atoms with Gasteiger partial charge in [0.1, 0.15) is 11.2 Å².